The third-order valence-corrected chi connectivity index (χ3v) is 2.73. The van der Waals surface area contributed by atoms with Gasteiger partial charge in [-0.2, -0.15) is 10.2 Å². The number of aromatic nitrogens is 2. The molecule has 1 aromatic carbocycles. The molecule has 1 amide bonds. The lowest BCUT2D eigenvalue weighted by molar-refractivity contribution is 0.102. The molecule has 0 atom stereocenters. The first-order valence-corrected chi connectivity index (χ1v) is 6.49. The van der Waals surface area contributed by atoms with Crippen LogP contribution >= 0.6 is 0 Å². The maximum atomic E-state index is 12.1. The van der Waals surface area contributed by atoms with E-state index in [-0.39, 0.29) is 12.5 Å². The highest BCUT2D eigenvalue weighted by Crippen LogP contribution is 2.17. The van der Waals surface area contributed by atoms with Gasteiger partial charge in [0.1, 0.15) is 0 Å². The Morgan fingerprint density at radius 2 is 2.19 bits per heavy atom. The van der Waals surface area contributed by atoms with Crippen LogP contribution in [0.4, 0.5) is 5.69 Å². The van der Waals surface area contributed by atoms with Crippen LogP contribution in [0.15, 0.2) is 36.7 Å². The maximum Gasteiger partial charge on any atom is 0.257 e. The number of anilines is 1. The number of carbonyl (C=O) groups is 1. The van der Waals surface area contributed by atoms with Crippen molar-refractivity contribution in [3.8, 4) is 11.8 Å². The van der Waals surface area contributed by atoms with Crippen LogP contribution in [-0.2, 0) is 0 Å². The Labute approximate surface area is 123 Å². The SMILES string of the molecule is Cc1ccc(NC(=O)c2ccnnc2)c(C#CCCO)c1. The molecule has 5 heteroatoms. The summed E-state index contributed by atoms with van der Waals surface area (Å²) < 4.78 is 0. The van der Waals surface area contributed by atoms with Crippen molar-refractivity contribution in [2.75, 3.05) is 11.9 Å². The minimum Gasteiger partial charge on any atom is -0.395 e. The highest BCUT2D eigenvalue weighted by Gasteiger charge is 2.08. The number of amides is 1. The summed E-state index contributed by atoms with van der Waals surface area (Å²) in [6, 6.07) is 7.20. The zero-order valence-corrected chi connectivity index (χ0v) is 11.6. The molecule has 0 bridgehead atoms. The Morgan fingerprint density at radius 3 is 2.90 bits per heavy atom. The minimum atomic E-state index is -0.265. The van der Waals surface area contributed by atoms with E-state index < -0.39 is 0 Å². The van der Waals surface area contributed by atoms with Crippen LogP contribution < -0.4 is 5.32 Å². The molecule has 2 rings (SSSR count). The van der Waals surface area contributed by atoms with Crippen molar-refractivity contribution in [2.24, 2.45) is 0 Å². The molecule has 106 valence electrons. The summed E-state index contributed by atoms with van der Waals surface area (Å²) in [5.41, 5.74) is 2.83. The van der Waals surface area contributed by atoms with Gasteiger partial charge in [-0.1, -0.05) is 17.9 Å². The van der Waals surface area contributed by atoms with Gasteiger partial charge >= 0.3 is 0 Å². The van der Waals surface area contributed by atoms with Crippen LogP contribution in [0.1, 0.15) is 27.9 Å². The average Bonchev–Trinajstić information content (AvgIpc) is 2.51. The van der Waals surface area contributed by atoms with Crippen LogP contribution in [-0.4, -0.2) is 27.8 Å². The maximum absolute atomic E-state index is 12.1. The van der Waals surface area contributed by atoms with Crippen LogP contribution in [0.3, 0.4) is 0 Å². The summed E-state index contributed by atoms with van der Waals surface area (Å²) in [4.78, 5) is 12.1. The predicted molar refractivity (Wildman–Crippen MR) is 79.7 cm³/mol. The van der Waals surface area contributed by atoms with Crippen molar-refractivity contribution < 1.29 is 9.90 Å². The van der Waals surface area contributed by atoms with Crippen molar-refractivity contribution in [1.82, 2.24) is 10.2 Å². The molecule has 0 saturated carbocycles. The van der Waals surface area contributed by atoms with E-state index in [0.29, 0.717) is 17.7 Å². The minimum absolute atomic E-state index is 0.0171. The summed E-state index contributed by atoms with van der Waals surface area (Å²) >= 11 is 0. The lowest BCUT2D eigenvalue weighted by Crippen LogP contribution is -2.13. The Balaban J connectivity index is 2.24. The fraction of sp³-hybridized carbons (Fsp3) is 0.188. The van der Waals surface area contributed by atoms with Crippen molar-refractivity contribution in [3.05, 3.63) is 53.3 Å². The number of rotatable bonds is 3. The van der Waals surface area contributed by atoms with Crippen molar-refractivity contribution >= 4 is 11.6 Å². The molecule has 0 spiro atoms. The van der Waals surface area contributed by atoms with E-state index in [1.807, 2.05) is 25.1 Å². The fourth-order valence-electron chi connectivity index (χ4n) is 1.70. The second kappa shape index (κ2) is 7.17. The van der Waals surface area contributed by atoms with Gasteiger partial charge in [-0.25, -0.2) is 0 Å². The molecule has 21 heavy (non-hydrogen) atoms. The van der Waals surface area contributed by atoms with Gasteiger partial charge in [0.2, 0.25) is 0 Å². The zero-order chi connectivity index (χ0) is 15.1. The first-order valence-electron chi connectivity index (χ1n) is 6.49. The van der Waals surface area contributed by atoms with E-state index in [9.17, 15) is 4.79 Å². The smallest absolute Gasteiger partial charge is 0.257 e. The Bertz CT molecular complexity index is 688. The molecule has 2 N–H and O–H groups in total. The predicted octanol–water partition coefficient (Wildman–Crippen LogP) is 1.77. The Hall–Kier alpha value is -2.71. The lowest BCUT2D eigenvalue weighted by Gasteiger charge is -2.08. The van der Waals surface area contributed by atoms with Crippen LogP contribution in [0.5, 0.6) is 0 Å². The second-order valence-electron chi connectivity index (χ2n) is 4.41. The lowest BCUT2D eigenvalue weighted by atomic mass is 10.1. The van der Waals surface area contributed by atoms with Gasteiger partial charge in [-0.15, -0.1) is 0 Å². The molecule has 1 aromatic heterocycles. The van der Waals surface area contributed by atoms with Gasteiger partial charge in [0, 0.05) is 12.0 Å². The van der Waals surface area contributed by atoms with Gasteiger partial charge in [0.05, 0.1) is 30.3 Å². The number of aliphatic hydroxyl groups excluding tert-OH is 1. The number of nitrogens with zero attached hydrogens (tertiary/aromatic N) is 2. The van der Waals surface area contributed by atoms with Crippen LogP contribution in [0.25, 0.3) is 0 Å². The van der Waals surface area contributed by atoms with Crippen molar-refractivity contribution in [3.63, 3.8) is 0 Å². The number of aryl methyl sites for hydroxylation is 1. The Morgan fingerprint density at radius 1 is 1.33 bits per heavy atom. The molecular formula is C16H15N3O2. The molecule has 2 aromatic rings. The van der Waals surface area contributed by atoms with Gasteiger partial charge < -0.3 is 10.4 Å². The molecule has 0 fully saturated rings. The van der Waals surface area contributed by atoms with Gasteiger partial charge in [0.25, 0.3) is 5.91 Å². The van der Waals surface area contributed by atoms with E-state index in [2.05, 4.69) is 27.4 Å². The average molecular weight is 281 g/mol. The monoisotopic (exact) mass is 281 g/mol. The summed E-state index contributed by atoms with van der Waals surface area (Å²) in [6.45, 7) is 1.97. The summed E-state index contributed by atoms with van der Waals surface area (Å²) in [6.07, 6.45) is 3.27. The molecule has 0 saturated heterocycles. The molecule has 0 aliphatic rings. The number of aliphatic hydroxyl groups is 1. The van der Waals surface area contributed by atoms with E-state index in [0.717, 1.165) is 11.1 Å². The van der Waals surface area contributed by atoms with Gasteiger partial charge in [-0.05, 0) is 30.7 Å². The first-order chi connectivity index (χ1) is 10.2. The van der Waals surface area contributed by atoms with Crippen molar-refractivity contribution in [1.29, 1.82) is 0 Å². The van der Waals surface area contributed by atoms with Gasteiger partial charge in [-0.3, -0.25) is 4.79 Å². The number of benzene rings is 1. The van der Waals surface area contributed by atoms with Crippen molar-refractivity contribution in [2.45, 2.75) is 13.3 Å². The number of hydrogen-bond acceptors (Lipinski definition) is 4. The third-order valence-electron chi connectivity index (χ3n) is 2.73. The molecule has 0 aliphatic heterocycles. The highest BCUT2D eigenvalue weighted by molar-refractivity contribution is 6.04. The second-order valence-corrected chi connectivity index (χ2v) is 4.41. The number of hydrogen-bond donors (Lipinski definition) is 2. The van der Waals surface area contributed by atoms with E-state index >= 15 is 0 Å². The van der Waals surface area contributed by atoms with Crippen LogP contribution in [0, 0.1) is 18.8 Å². The first kappa shape index (κ1) is 14.7. The highest BCUT2D eigenvalue weighted by atomic mass is 16.2. The third kappa shape index (κ3) is 4.13. The largest absolute Gasteiger partial charge is 0.395 e. The molecule has 0 unspecified atom stereocenters. The molecule has 1 heterocycles. The molecule has 0 aliphatic carbocycles. The normalized spacial score (nSPS) is 9.62. The Kier molecular flexibility index (Phi) is 5.02. The molecular weight excluding hydrogens is 266 g/mol. The summed E-state index contributed by atoms with van der Waals surface area (Å²) in [5.74, 6) is 5.55. The summed E-state index contributed by atoms with van der Waals surface area (Å²) in [7, 11) is 0. The standard InChI is InChI=1S/C16H15N3O2/c1-12-5-6-15(13(10-12)4-2-3-9-20)19-16(21)14-7-8-17-18-11-14/h5-8,10-11,20H,3,9H2,1H3,(H,19,21). The topological polar surface area (TPSA) is 75.1 Å². The molecule has 0 radical (unpaired) electrons. The quantitative estimate of drug-likeness (QED) is 0.841. The summed E-state index contributed by atoms with van der Waals surface area (Å²) in [5, 5.41) is 18.9. The number of nitrogens with one attached hydrogen (secondary N) is 1. The van der Waals surface area contributed by atoms with E-state index in [4.69, 9.17) is 5.11 Å². The van der Waals surface area contributed by atoms with E-state index in [1.165, 1.54) is 12.4 Å². The molecule has 5 nitrogen and oxygen atoms in total. The van der Waals surface area contributed by atoms with Crippen LogP contribution in [0.2, 0.25) is 0 Å². The van der Waals surface area contributed by atoms with Gasteiger partial charge in [0.15, 0.2) is 0 Å². The van der Waals surface area contributed by atoms with E-state index in [1.54, 1.807) is 6.07 Å². The fourth-order valence-corrected chi connectivity index (χ4v) is 1.70. The number of carbonyl (C=O) groups excluding carboxylic acids is 1. The zero-order valence-electron chi connectivity index (χ0n) is 11.6.